The van der Waals surface area contributed by atoms with Gasteiger partial charge < -0.3 is 10.2 Å². The van der Waals surface area contributed by atoms with Crippen LogP contribution < -0.4 is 9.13 Å². The molecule has 1 aliphatic rings. The van der Waals surface area contributed by atoms with Gasteiger partial charge in [-0.15, -0.1) is 0 Å². The number of phenols is 2. The second-order valence-electron chi connectivity index (χ2n) is 8.38. The maximum absolute atomic E-state index is 10.9. The molecule has 0 amide bonds. The fraction of sp³-hybridized carbons (Fsp3) is 0.250. The van der Waals surface area contributed by atoms with Crippen LogP contribution in [0.25, 0.3) is 0 Å². The monoisotopic (exact) mass is 402 g/mol. The second kappa shape index (κ2) is 7.06. The summed E-state index contributed by atoms with van der Waals surface area (Å²) >= 11 is 0. The molecular formula is C24H26N4O2+2. The first-order chi connectivity index (χ1) is 14.4. The number of hydrogen-bond acceptors (Lipinski definition) is 2. The molecule has 152 valence electrons. The second-order valence-corrected chi connectivity index (χ2v) is 8.38. The molecule has 30 heavy (non-hydrogen) atoms. The molecule has 2 N–H and O–H groups in total. The molecule has 0 unspecified atom stereocenters. The van der Waals surface area contributed by atoms with Crippen molar-refractivity contribution in [1.29, 1.82) is 0 Å². The number of imidazole rings is 2. The number of hydrogen-bond donors (Lipinski definition) is 2. The summed E-state index contributed by atoms with van der Waals surface area (Å²) in [5, 5.41) is 21.8. The van der Waals surface area contributed by atoms with E-state index in [0.29, 0.717) is 37.7 Å². The van der Waals surface area contributed by atoms with Crippen molar-refractivity contribution in [2.75, 3.05) is 0 Å². The summed E-state index contributed by atoms with van der Waals surface area (Å²) in [7, 11) is 0. The summed E-state index contributed by atoms with van der Waals surface area (Å²) in [4.78, 5) is 0. The highest BCUT2D eigenvalue weighted by Crippen LogP contribution is 2.27. The fourth-order valence-electron chi connectivity index (χ4n) is 4.39. The number of aryl methyl sites for hydroxylation is 2. The van der Waals surface area contributed by atoms with Crippen LogP contribution in [0.15, 0.2) is 61.7 Å². The van der Waals surface area contributed by atoms with Crippen LogP contribution in [0.1, 0.15) is 33.4 Å². The first kappa shape index (κ1) is 18.5. The molecule has 0 saturated heterocycles. The Balaban J connectivity index is 1.65. The van der Waals surface area contributed by atoms with Crippen molar-refractivity contribution in [3.63, 3.8) is 0 Å². The summed E-state index contributed by atoms with van der Waals surface area (Å²) < 4.78 is 8.23. The highest BCUT2D eigenvalue weighted by atomic mass is 16.3. The van der Waals surface area contributed by atoms with E-state index in [9.17, 15) is 10.2 Å². The molecule has 6 nitrogen and oxygen atoms in total. The lowest BCUT2D eigenvalue weighted by Gasteiger charge is -2.11. The average molecular weight is 402 g/mol. The zero-order valence-corrected chi connectivity index (χ0v) is 17.3. The maximum atomic E-state index is 10.9. The topological polar surface area (TPSA) is 58.1 Å². The molecule has 1 aliphatic heterocycles. The molecule has 2 aromatic heterocycles. The van der Waals surface area contributed by atoms with Crippen molar-refractivity contribution in [3.05, 3.63) is 95.1 Å². The first-order valence-electron chi connectivity index (χ1n) is 10.2. The van der Waals surface area contributed by atoms with E-state index in [1.54, 1.807) is 0 Å². The normalized spacial score (nSPS) is 13.4. The third-order valence-corrected chi connectivity index (χ3v) is 5.73. The Labute approximate surface area is 175 Å². The van der Waals surface area contributed by atoms with Crippen LogP contribution in [0.3, 0.4) is 0 Å². The van der Waals surface area contributed by atoms with Gasteiger partial charge in [-0.25, -0.2) is 18.3 Å². The summed E-state index contributed by atoms with van der Waals surface area (Å²) in [5.74, 6) is 0.707. The van der Waals surface area contributed by atoms with E-state index in [4.69, 9.17) is 0 Å². The molecular weight excluding hydrogens is 376 g/mol. The number of benzene rings is 2. The minimum Gasteiger partial charge on any atom is -0.507 e. The van der Waals surface area contributed by atoms with Gasteiger partial charge >= 0.3 is 0 Å². The minimum absolute atomic E-state index is 0.353. The predicted molar refractivity (Wildman–Crippen MR) is 111 cm³/mol. The van der Waals surface area contributed by atoms with Gasteiger partial charge in [-0.05, 0) is 38.1 Å². The van der Waals surface area contributed by atoms with Crippen LogP contribution in [-0.4, -0.2) is 19.3 Å². The smallest absolute Gasteiger partial charge is 0.244 e. The molecule has 0 saturated carbocycles. The van der Waals surface area contributed by atoms with E-state index >= 15 is 0 Å². The molecule has 8 bridgehead atoms. The van der Waals surface area contributed by atoms with Crippen LogP contribution in [0.5, 0.6) is 11.5 Å². The largest absolute Gasteiger partial charge is 0.507 e. The lowest BCUT2D eigenvalue weighted by atomic mass is 10.0. The molecule has 0 atom stereocenters. The molecule has 0 spiro atoms. The molecule has 2 aromatic carbocycles. The van der Waals surface area contributed by atoms with Crippen molar-refractivity contribution in [1.82, 2.24) is 9.13 Å². The third-order valence-electron chi connectivity index (χ3n) is 5.73. The van der Waals surface area contributed by atoms with E-state index in [0.717, 1.165) is 33.4 Å². The van der Waals surface area contributed by atoms with Crippen molar-refractivity contribution < 1.29 is 19.3 Å². The van der Waals surface area contributed by atoms with Gasteiger partial charge in [0.1, 0.15) is 62.5 Å². The van der Waals surface area contributed by atoms with Gasteiger partial charge in [-0.3, -0.25) is 0 Å². The van der Waals surface area contributed by atoms with E-state index in [1.807, 2.05) is 61.7 Å². The summed E-state index contributed by atoms with van der Waals surface area (Å²) in [6.07, 6.45) is 12.0. The highest BCUT2D eigenvalue weighted by molar-refractivity contribution is 5.44. The number of aromatic hydroxyl groups is 2. The molecule has 5 rings (SSSR count). The first-order valence-corrected chi connectivity index (χ1v) is 10.2. The van der Waals surface area contributed by atoms with E-state index < -0.39 is 0 Å². The Morgan fingerprint density at radius 2 is 1.07 bits per heavy atom. The van der Waals surface area contributed by atoms with Gasteiger partial charge in [0.15, 0.2) is 0 Å². The Morgan fingerprint density at radius 1 is 0.667 bits per heavy atom. The number of aromatic nitrogens is 4. The molecule has 4 aromatic rings. The molecule has 0 fully saturated rings. The van der Waals surface area contributed by atoms with E-state index in [-0.39, 0.29) is 0 Å². The van der Waals surface area contributed by atoms with Gasteiger partial charge in [0.2, 0.25) is 12.7 Å². The van der Waals surface area contributed by atoms with Gasteiger partial charge in [-0.2, -0.15) is 0 Å². The number of rotatable bonds is 0. The lowest BCUT2D eigenvalue weighted by Crippen LogP contribution is -2.33. The summed E-state index contributed by atoms with van der Waals surface area (Å²) in [5.41, 5.74) is 5.88. The van der Waals surface area contributed by atoms with Gasteiger partial charge in [-0.1, -0.05) is 11.1 Å². The highest BCUT2D eigenvalue weighted by Gasteiger charge is 2.18. The lowest BCUT2D eigenvalue weighted by molar-refractivity contribution is -0.688. The molecule has 3 heterocycles. The van der Waals surface area contributed by atoms with Gasteiger partial charge in [0, 0.05) is 22.3 Å². The standard InChI is InChI=1S/C24H24N4O2/c1-17-7-19-11-25-3-5-27(15-25)13-21-9-18(2)10-22(24(21)30)14-28-6-4-26(16-28)12-20(8-17)23(19)29/h3-10,15-16H,11-14H2,1-2H3/p+2. The third kappa shape index (κ3) is 3.45. The van der Waals surface area contributed by atoms with Gasteiger partial charge in [0.25, 0.3) is 0 Å². The maximum Gasteiger partial charge on any atom is 0.244 e. The van der Waals surface area contributed by atoms with Crippen LogP contribution in [0, 0.1) is 13.8 Å². The summed E-state index contributed by atoms with van der Waals surface area (Å²) in [6, 6.07) is 8.17. The van der Waals surface area contributed by atoms with Crippen molar-refractivity contribution in [3.8, 4) is 11.5 Å². The number of phenolic OH excluding ortho intramolecular Hbond substituents is 2. The fourth-order valence-corrected chi connectivity index (χ4v) is 4.39. The zero-order chi connectivity index (χ0) is 20.8. The van der Waals surface area contributed by atoms with Crippen LogP contribution in [0.4, 0.5) is 0 Å². The van der Waals surface area contributed by atoms with Crippen LogP contribution >= 0.6 is 0 Å². The van der Waals surface area contributed by atoms with Crippen LogP contribution in [-0.2, 0) is 26.2 Å². The van der Waals surface area contributed by atoms with E-state index in [2.05, 4.69) is 32.1 Å². The molecule has 6 heteroatoms. The Hall–Kier alpha value is -3.54. The number of fused-ring (bicyclic) bond motifs is 8. The minimum atomic E-state index is 0.353. The van der Waals surface area contributed by atoms with Crippen LogP contribution in [0.2, 0.25) is 0 Å². The predicted octanol–water partition coefficient (Wildman–Crippen LogP) is 2.40. The van der Waals surface area contributed by atoms with Crippen molar-refractivity contribution in [2.24, 2.45) is 0 Å². The summed E-state index contributed by atoms with van der Waals surface area (Å²) in [6.45, 7) is 6.48. The molecule has 0 aliphatic carbocycles. The number of nitrogens with zero attached hydrogens (tertiary/aromatic N) is 4. The Morgan fingerprint density at radius 3 is 1.53 bits per heavy atom. The average Bonchev–Trinajstić information content (AvgIpc) is 3.31. The van der Waals surface area contributed by atoms with Gasteiger partial charge in [0.05, 0.1) is 0 Å². The Kier molecular flexibility index (Phi) is 4.35. The molecule has 0 radical (unpaired) electrons. The quantitative estimate of drug-likeness (QED) is 0.391. The SMILES string of the molecule is Cc1cc2c(O)c(c1)Cn1cc[n+](c1)Cc1cc(C)cc(c1O)C[n+]1ccn(c1)C2. The Bertz CT molecular complexity index is 1070. The van der Waals surface area contributed by atoms with Crippen molar-refractivity contribution in [2.45, 2.75) is 40.0 Å². The van der Waals surface area contributed by atoms with E-state index in [1.165, 1.54) is 0 Å². The van der Waals surface area contributed by atoms with Crippen molar-refractivity contribution >= 4 is 0 Å². The zero-order valence-electron chi connectivity index (χ0n) is 17.3.